The molecule has 2 aromatic carbocycles. The van der Waals surface area contributed by atoms with E-state index in [2.05, 4.69) is 67.4 Å². The minimum Gasteiger partial charge on any atom is -0.291 e. The van der Waals surface area contributed by atoms with E-state index in [0.29, 0.717) is 12.1 Å². The lowest BCUT2D eigenvalue weighted by Gasteiger charge is -2.37. The van der Waals surface area contributed by atoms with Crippen LogP contribution in [-0.4, -0.2) is 22.8 Å². The van der Waals surface area contributed by atoms with E-state index in [9.17, 15) is 0 Å². The molecule has 1 heterocycles. The van der Waals surface area contributed by atoms with E-state index in [1.807, 2.05) is 0 Å². The average molecular weight is 290 g/mol. The highest BCUT2D eigenvalue weighted by Gasteiger charge is 2.28. The molecule has 0 bridgehead atoms. The maximum atomic E-state index is 5.13. The molecule has 2 nitrogen and oxygen atoms in total. The van der Waals surface area contributed by atoms with Crippen LogP contribution in [0.1, 0.15) is 44.2 Å². The van der Waals surface area contributed by atoms with Crippen LogP contribution in [-0.2, 0) is 0 Å². The van der Waals surface area contributed by atoms with Crippen molar-refractivity contribution in [1.82, 2.24) is 5.01 Å². The summed E-state index contributed by atoms with van der Waals surface area (Å²) in [5.74, 6) is 0. The maximum absolute atomic E-state index is 5.13. The van der Waals surface area contributed by atoms with Crippen molar-refractivity contribution in [3.05, 3.63) is 59.7 Å². The fourth-order valence-electron chi connectivity index (χ4n) is 3.82. The number of hydrogen-bond acceptors (Lipinski definition) is 2. The summed E-state index contributed by atoms with van der Waals surface area (Å²) in [7, 11) is 0. The monoisotopic (exact) mass is 290 g/mol. The van der Waals surface area contributed by atoms with Gasteiger partial charge in [-0.25, -0.2) is 0 Å². The van der Waals surface area contributed by atoms with E-state index < -0.39 is 0 Å². The second kappa shape index (κ2) is 5.28. The van der Waals surface area contributed by atoms with Crippen LogP contribution in [0.2, 0.25) is 0 Å². The van der Waals surface area contributed by atoms with Gasteiger partial charge in [-0.05, 0) is 44.2 Å². The van der Waals surface area contributed by atoms with E-state index in [1.165, 1.54) is 41.5 Å². The number of hydrazone groups is 1. The Morgan fingerprint density at radius 1 is 0.773 bits per heavy atom. The number of rotatable bonds is 1. The molecule has 0 aromatic heterocycles. The third-order valence-corrected chi connectivity index (χ3v) is 5.02. The minimum atomic E-state index is 0.524. The predicted octanol–water partition coefficient (Wildman–Crippen LogP) is 4.68. The molecule has 22 heavy (non-hydrogen) atoms. The first-order valence-electron chi connectivity index (χ1n) is 8.32. The standard InChI is InChI=1S/C20H22N2/c1-14-8-7-9-15(2)22(14)21-20-18-12-5-3-10-16(18)17-11-4-6-13-19(17)20/h3-6,10-15H,7-9H2,1-2H3. The molecule has 1 saturated heterocycles. The normalized spacial score (nSPS) is 23.2. The molecule has 2 aliphatic rings. The Kier molecular flexibility index (Phi) is 3.25. The topological polar surface area (TPSA) is 15.6 Å². The van der Waals surface area contributed by atoms with Crippen LogP contribution in [0.5, 0.6) is 0 Å². The van der Waals surface area contributed by atoms with Crippen molar-refractivity contribution >= 4 is 5.71 Å². The van der Waals surface area contributed by atoms with Gasteiger partial charge in [-0.2, -0.15) is 5.10 Å². The molecular weight excluding hydrogens is 268 g/mol. The third kappa shape index (κ3) is 2.06. The Balaban J connectivity index is 1.86. The molecule has 2 atom stereocenters. The quantitative estimate of drug-likeness (QED) is 0.635. The van der Waals surface area contributed by atoms with Crippen LogP contribution in [0.4, 0.5) is 0 Å². The largest absolute Gasteiger partial charge is 0.291 e. The first-order chi connectivity index (χ1) is 10.8. The molecule has 112 valence electrons. The van der Waals surface area contributed by atoms with E-state index >= 15 is 0 Å². The van der Waals surface area contributed by atoms with Crippen LogP contribution >= 0.6 is 0 Å². The van der Waals surface area contributed by atoms with Crippen molar-refractivity contribution in [2.75, 3.05) is 0 Å². The fraction of sp³-hybridized carbons (Fsp3) is 0.350. The SMILES string of the molecule is CC1CCCC(C)N1N=C1c2ccccc2-c2ccccc21. The molecule has 0 amide bonds. The van der Waals surface area contributed by atoms with Gasteiger partial charge in [0, 0.05) is 23.2 Å². The average Bonchev–Trinajstić information content (AvgIpc) is 2.86. The molecule has 1 aliphatic heterocycles. The zero-order valence-corrected chi connectivity index (χ0v) is 13.3. The summed E-state index contributed by atoms with van der Waals surface area (Å²) < 4.78 is 0. The summed E-state index contributed by atoms with van der Waals surface area (Å²) in [6.07, 6.45) is 3.80. The van der Waals surface area contributed by atoms with Gasteiger partial charge in [-0.3, -0.25) is 5.01 Å². The summed E-state index contributed by atoms with van der Waals surface area (Å²) in [5.41, 5.74) is 6.32. The van der Waals surface area contributed by atoms with Gasteiger partial charge in [-0.15, -0.1) is 0 Å². The van der Waals surface area contributed by atoms with Crippen molar-refractivity contribution in [3.8, 4) is 11.1 Å². The summed E-state index contributed by atoms with van der Waals surface area (Å²) in [6, 6.07) is 18.3. The molecule has 0 saturated carbocycles. The molecule has 0 N–H and O–H groups in total. The van der Waals surface area contributed by atoms with Gasteiger partial charge in [-0.1, -0.05) is 48.5 Å². The van der Waals surface area contributed by atoms with Crippen LogP contribution in [0.3, 0.4) is 0 Å². The van der Waals surface area contributed by atoms with E-state index in [4.69, 9.17) is 5.10 Å². The van der Waals surface area contributed by atoms with Crippen LogP contribution in [0.15, 0.2) is 53.6 Å². The predicted molar refractivity (Wildman–Crippen MR) is 92.1 cm³/mol. The van der Waals surface area contributed by atoms with Gasteiger partial charge in [0.2, 0.25) is 0 Å². The summed E-state index contributed by atoms with van der Waals surface area (Å²) in [6.45, 7) is 4.60. The Morgan fingerprint density at radius 3 is 1.73 bits per heavy atom. The number of piperidine rings is 1. The molecule has 0 spiro atoms. The summed E-state index contributed by atoms with van der Waals surface area (Å²) in [4.78, 5) is 0. The van der Waals surface area contributed by atoms with Crippen LogP contribution < -0.4 is 0 Å². The second-order valence-electron chi connectivity index (χ2n) is 6.55. The Bertz CT molecular complexity index is 674. The van der Waals surface area contributed by atoms with Crippen molar-refractivity contribution in [2.45, 2.75) is 45.2 Å². The van der Waals surface area contributed by atoms with Gasteiger partial charge < -0.3 is 0 Å². The highest BCUT2D eigenvalue weighted by molar-refractivity contribution is 6.24. The number of benzene rings is 2. The Morgan fingerprint density at radius 2 is 1.23 bits per heavy atom. The minimum absolute atomic E-state index is 0.524. The molecule has 2 unspecified atom stereocenters. The van der Waals surface area contributed by atoms with Gasteiger partial charge >= 0.3 is 0 Å². The zero-order chi connectivity index (χ0) is 15.1. The molecule has 4 rings (SSSR count). The van der Waals surface area contributed by atoms with Gasteiger partial charge in [0.05, 0.1) is 5.71 Å². The van der Waals surface area contributed by atoms with Gasteiger partial charge in [0.15, 0.2) is 0 Å². The zero-order valence-electron chi connectivity index (χ0n) is 13.3. The third-order valence-electron chi connectivity index (χ3n) is 5.02. The van der Waals surface area contributed by atoms with Gasteiger partial charge in [0.25, 0.3) is 0 Å². The van der Waals surface area contributed by atoms with E-state index in [0.717, 1.165) is 5.71 Å². The molecular formula is C20H22N2. The smallest absolute Gasteiger partial charge is 0.0988 e. The number of fused-ring (bicyclic) bond motifs is 3. The van der Waals surface area contributed by atoms with Crippen LogP contribution in [0, 0.1) is 0 Å². The lowest BCUT2D eigenvalue weighted by Crippen LogP contribution is -2.40. The van der Waals surface area contributed by atoms with Crippen molar-refractivity contribution in [2.24, 2.45) is 5.10 Å². The molecule has 0 radical (unpaired) electrons. The summed E-state index contributed by atoms with van der Waals surface area (Å²) >= 11 is 0. The highest BCUT2D eigenvalue weighted by atomic mass is 15.5. The molecule has 1 fully saturated rings. The maximum Gasteiger partial charge on any atom is 0.0988 e. The van der Waals surface area contributed by atoms with Crippen molar-refractivity contribution in [1.29, 1.82) is 0 Å². The van der Waals surface area contributed by atoms with Gasteiger partial charge in [0.1, 0.15) is 0 Å². The van der Waals surface area contributed by atoms with E-state index in [-0.39, 0.29) is 0 Å². The summed E-state index contributed by atoms with van der Waals surface area (Å²) in [5, 5.41) is 7.46. The van der Waals surface area contributed by atoms with Crippen molar-refractivity contribution < 1.29 is 0 Å². The molecule has 2 heteroatoms. The molecule has 1 aliphatic carbocycles. The number of hydrogen-bond donors (Lipinski definition) is 0. The first kappa shape index (κ1) is 13.6. The lowest BCUT2D eigenvalue weighted by atomic mass is 10.00. The van der Waals surface area contributed by atoms with Crippen LogP contribution in [0.25, 0.3) is 11.1 Å². The van der Waals surface area contributed by atoms with Crippen molar-refractivity contribution in [3.63, 3.8) is 0 Å². The number of nitrogens with zero attached hydrogens (tertiary/aromatic N) is 2. The van der Waals surface area contributed by atoms with E-state index in [1.54, 1.807) is 0 Å². The fourth-order valence-corrected chi connectivity index (χ4v) is 3.82. The lowest BCUT2D eigenvalue weighted by molar-refractivity contribution is 0.109. The second-order valence-corrected chi connectivity index (χ2v) is 6.55. The Labute approximate surface area is 132 Å². The molecule has 2 aromatic rings. The Hall–Kier alpha value is -2.09. The highest BCUT2D eigenvalue weighted by Crippen LogP contribution is 2.37. The first-order valence-corrected chi connectivity index (χ1v) is 8.32.